The van der Waals surface area contributed by atoms with Gasteiger partial charge >= 0.3 is 0 Å². The summed E-state index contributed by atoms with van der Waals surface area (Å²) < 4.78 is 6.08. The second kappa shape index (κ2) is 9.22. The Morgan fingerprint density at radius 1 is 1.10 bits per heavy atom. The van der Waals surface area contributed by atoms with Crippen LogP contribution in [0.4, 0.5) is 0 Å². The minimum absolute atomic E-state index is 0.478. The number of rotatable bonds is 8. The lowest BCUT2D eigenvalue weighted by Crippen LogP contribution is -2.21. The van der Waals surface area contributed by atoms with Gasteiger partial charge in [-0.05, 0) is 55.8 Å². The zero-order valence-corrected chi connectivity index (χ0v) is 13.7. The molecule has 0 aliphatic heterocycles. The Morgan fingerprint density at radius 3 is 2.57 bits per heavy atom. The van der Waals surface area contributed by atoms with Crippen molar-refractivity contribution in [2.24, 2.45) is 5.92 Å². The van der Waals surface area contributed by atoms with Gasteiger partial charge in [0.1, 0.15) is 0 Å². The summed E-state index contributed by atoms with van der Waals surface area (Å²) in [5, 5.41) is 3.45. The van der Waals surface area contributed by atoms with E-state index < -0.39 is 0 Å². The van der Waals surface area contributed by atoms with Crippen molar-refractivity contribution in [3.63, 3.8) is 0 Å². The molecule has 1 aromatic carbocycles. The highest BCUT2D eigenvalue weighted by Crippen LogP contribution is 2.26. The summed E-state index contributed by atoms with van der Waals surface area (Å²) in [4.78, 5) is 0. The van der Waals surface area contributed by atoms with Crippen LogP contribution >= 0.6 is 0 Å². The average molecular weight is 289 g/mol. The highest BCUT2D eigenvalue weighted by molar-refractivity contribution is 5.22. The lowest BCUT2D eigenvalue weighted by molar-refractivity contribution is 0.00466. The van der Waals surface area contributed by atoms with E-state index in [1.807, 2.05) is 0 Å². The summed E-state index contributed by atoms with van der Waals surface area (Å²) in [5.41, 5.74) is 2.71. The fraction of sp³-hybridized carbons (Fsp3) is 0.684. The lowest BCUT2D eigenvalue weighted by atomic mass is 9.89. The maximum Gasteiger partial charge on any atom is 0.0720 e. The molecule has 1 saturated carbocycles. The van der Waals surface area contributed by atoms with Gasteiger partial charge in [0, 0.05) is 0 Å². The summed E-state index contributed by atoms with van der Waals surface area (Å²) in [6, 6.07) is 8.94. The van der Waals surface area contributed by atoms with Crippen LogP contribution in [0.2, 0.25) is 0 Å². The molecule has 0 radical (unpaired) electrons. The fourth-order valence-corrected chi connectivity index (χ4v) is 3.08. The third kappa shape index (κ3) is 6.19. The minimum Gasteiger partial charge on any atom is -0.374 e. The SMILES string of the molecule is CCCNCCc1ccc(COC2CCCC(C)C2)cc1. The summed E-state index contributed by atoms with van der Waals surface area (Å²) in [5.74, 6) is 0.835. The molecule has 0 bridgehead atoms. The van der Waals surface area contributed by atoms with E-state index in [0.717, 1.165) is 32.0 Å². The molecule has 0 aromatic heterocycles. The van der Waals surface area contributed by atoms with Crippen LogP contribution in [0, 0.1) is 5.92 Å². The normalized spacial score (nSPS) is 22.4. The number of nitrogens with one attached hydrogen (secondary N) is 1. The fourth-order valence-electron chi connectivity index (χ4n) is 3.08. The van der Waals surface area contributed by atoms with Crippen LogP contribution in [0.25, 0.3) is 0 Å². The third-order valence-electron chi connectivity index (χ3n) is 4.41. The van der Waals surface area contributed by atoms with Crippen LogP contribution in [-0.4, -0.2) is 19.2 Å². The number of ether oxygens (including phenoxy) is 1. The minimum atomic E-state index is 0.478. The average Bonchev–Trinajstić information content (AvgIpc) is 2.51. The molecule has 1 N–H and O–H groups in total. The first-order chi connectivity index (χ1) is 10.3. The third-order valence-corrected chi connectivity index (χ3v) is 4.41. The molecule has 2 unspecified atom stereocenters. The van der Waals surface area contributed by atoms with Crippen LogP contribution in [0.5, 0.6) is 0 Å². The Balaban J connectivity index is 1.69. The maximum atomic E-state index is 6.08. The van der Waals surface area contributed by atoms with Gasteiger partial charge in [-0.2, -0.15) is 0 Å². The summed E-state index contributed by atoms with van der Waals surface area (Å²) in [6.07, 6.45) is 7.98. The van der Waals surface area contributed by atoms with E-state index in [2.05, 4.69) is 43.4 Å². The van der Waals surface area contributed by atoms with Crippen LogP contribution in [0.1, 0.15) is 57.1 Å². The van der Waals surface area contributed by atoms with Crippen molar-refractivity contribution in [2.75, 3.05) is 13.1 Å². The van der Waals surface area contributed by atoms with Crippen LogP contribution in [-0.2, 0) is 17.8 Å². The molecule has 0 heterocycles. The van der Waals surface area contributed by atoms with Crippen molar-refractivity contribution in [3.8, 4) is 0 Å². The lowest BCUT2D eigenvalue weighted by Gasteiger charge is -2.26. The molecule has 1 aromatic rings. The van der Waals surface area contributed by atoms with Gasteiger partial charge in [-0.25, -0.2) is 0 Å². The van der Waals surface area contributed by atoms with Crippen LogP contribution in [0.3, 0.4) is 0 Å². The van der Waals surface area contributed by atoms with Gasteiger partial charge in [-0.3, -0.25) is 0 Å². The first kappa shape index (κ1) is 16.5. The monoisotopic (exact) mass is 289 g/mol. The highest BCUT2D eigenvalue weighted by atomic mass is 16.5. The van der Waals surface area contributed by atoms with Gasteiger partial charge in [0.05, 0.1) is 12.7 Å². The predicted molar refractivity (Wildman–Crippen MR) is 89.5 cm³/mol. The number of benzene rings is 1. The molecule has 21 heavy (non-hydrogen) atoms. The summed E-state index contributed by atoms with van der Waals surface area (Å²) >= 11 is 0. The molecular weight excluding hydrogens is 258 g/mol. The second-order valence-corrected chi connectivity index (χ2v) is 6.52. The van der Waals surface area contributed by atoms with Crippen LogP contribution in [0.15, 0.2) is 24.3 Å². The molecule has 1 fully saturated rings. The predicted octanol–water partition coefficient (Wildman–Crippen LogP) is 4.32. The van der Waals surface area contributed by atoms with Crippen molar-refractivity contribution < 1.29 is 4.74 Å². The van der Waals surface area contributed by atoms with Gasteiger partial charge in [0.2, 0.25) is 0 Å². The van der Waals surface area contributed by atoms with Gasteiger partial charge in [0.15, 0.2) is 0 Å². The largest absolute Gasteiger partial charge is 0.374 e. The van der Waals surface area contributed by atoms with E-state index >= 15 is 0 Å². The molecule has 0 saturated heterocycles. The van der Waals surface area contributed by atoms with Crippen molar-refractivity contribution in [1.82, 2.24) is 5.32 Å². The van der Waals surface area contributed by atoms with Crippen molar-refractivity contribution in [2.45, 2.75) is 65.1 Å². The zero-order chi connectivity index (χ0) is 14.9. The van der Waals surface area contributed by atoms with Gasteiger partial charge in [-0.15, -0.1) is 0 Å². The van der Waals surface area contributed by atoms with Gasteiger partial charge in [-0.1, -0.05) is 51.0 Å². The highest BCUT2D eigenvalue weighted by Gasteiger charge is 2.19. The molecule has 0 spiro atoms. The van der Waals surface area contributed by atoms with Crippen molar-refractivity contribution >= 4 is 0 Å². The Kier molecular flexibility index (Phi) is 7.25. The number of hydrogen-bond donors (Lipinski definition) is 1. The molecular formula is C19H31NO. The number of hydrogen-bond acceptors (Lipinski definition) is 2. The molecule has 0 amide bonds. The van der Waals surface area contributed by atoms with E-state index in [1.165, 1.54) is 43.2 Å². The van der Waals surface area contributed by atoms with Crippen molar-refractivity contribution in [1.29, 1.82) is 0 Å². The topological polar surface area (TPSA) is 21.3 Å². The van der Waals surface area contributed by atoms with Gasteiger partial charge in [0.25, 0.3) is 0 Å². The molecule has 1 aliphatic rings. The molecule has 2 rings (SSSR count). The Morgan fingerprint density at radius 2 is 1.86 bits per heavy atom. The Labute approximate surface area is 130 Å². The molecule has 2 atom stereocenters. The van der Waals surface area contributed by atoms with E-state index in [4.69, 9.17) is 4.74 Å². The standard InChI is InChI=1S/C19H31NO/c1-3-12-20-13-11-17-7-9-18(10-8-17)15-21-19-6-4-5-16(2)14-19/h7-10,16,19-20H,3-6,11-15H2,1-2H3. The first-order valence-electron chi connectivity index (χ1n) is 8.68. The maximum absolute atomic E-state index is 6.08. The summed E-state index contributed by atoms with van der Waals surface area (Å²) in [7, 11) is 0. The smallest absolute Gasteiger partial charge is 0.0720 e. The van der Waals surface area contributed by atoms with Crippen molar-refractivity contribution in [3.05, 3.63) is 35.4 Å². The Bertz CT molecular complexity index is 387. The van der Waals surface area contributed by atoms with Gasteiger partial charge < -0.3 is 10.1 Å². The van der Waals surface area contributed by atoms with Crippen LogP contribution < -0.4 is 5.32 Å². The van der Waals surface area contributed by atoms with E-state index in [0.29, 0.717) is 6.10 Å². The molecule has 118 valence electrons. The molecule has 2 nitrogen and oxygen atoms in total. The Hall–Kier alpha value is -0.860. The quantitative estimate of drug-likeness (QED) is 0.719. The second-order valence-electron chi connectivity index (χ2n) is 6.52. The first-order valence-corrected chi connectivity index (χ1v) is 8.68. The van der Waals surface area contributed by atoms with E-state index in [9.17, 15) is 0 Å². The van der Waals surface area contributed by atoms with E-state index in [-0.39, 0.29) is 0 Å². The van der Waals surface area contributed by atoms with E-state index in [1.54, 1.807) is 0 Å². The molecule has 2 heteroatoms. The zero-order valence-electron chi connectivity index (χ0n) is 13.7. The molecule has 1 aliphatic carbocycles. The summed E-state index contributed by atoms with van der Waals surface area (Å²) in [6.45, 7) is 7.51.